The Hall–Kier alpha value is -5.32. The van der Waals surface area contributed by atoms with Gasteiger partial charge in [0.15, 0.2) is 0 Å². The van der Waals surface area contributed by atoms with E-state index in [2.05, 4.69) is 81.6 Å². The third kappa shape index (κ3) is 2.17. The average molecular weight is 535 g/mol. The molecule has 4 heterocycles. The van der Waals surface area contributed by atoms with Crippen molar-refractivity contribution in [3.05, 3.63) is 94.0 Å². The minimum Gasteiger partial charge on any atom is -0.308 e. The van der Waals surface area contributed by atoms with E-state index in [9.17, 15) is 10.5 Å². The molecule has 42 heavy (non-hydrogen) atoms. The van der Waals surface area contributed by atoms with Crippen molar-refractivity contribution >= 4 is 76.2 Å². The first-order chi connectivity index (χ1) is 20.8. The first-order valence-corrected chi connectivity index (χ1v) is 15.0. The molecule has 0 bridgehead atoms. The molecular weight excluding hydrogens is 512 g/mol. The molecule has 0 unspecified atom stereocenters. The summed E-state index contributed by atoms with van der Waals surface area (Å²) in [5.74, 6) is 0. The van der Waals surface area contributed by atoms with Gasteiger partial charge < -0.3 is 8.80 Å². The van der Waals surface area contributed by atoms with Crippen LogP contribution in [-0.4, -0.2) is 8.80 Å². The largest absolute Gasteiger partial charge is 0.308 e. The third-order valence-corrected chi connectivity index (χ3v) is 10.7. The maximum absolute atomic E-state index is 10.1. The lowest BCUT2D eigenvalue weighted by molar-refractivity contribution is 0.912. The molecule has 4 nitrogen and oxygen atoms in total. The second-order valence-corrected chi connectivity index (χ2v) is 12.4. The van der Waals surface area contributed by atoms with Crippen molar-refractivity contribution in [3.63, 3.8) is 0 Å². The first kappa shape index (κ1) is 21.4. The Bertz CT molecular complexity index is 2610. The van der Waals surface area contributed by atoms with Crippen LogP contribution in [0.5, 0.6) is 0 Å². The number of rotatable bonds is 0. The van der Waals surface area contributed by atoms with Crippen LogP contribution in [0.3, 0.4) is 0 Å². The number of hydrogen-bond acceptors (Lipinski definition) is 2. The molecule has 0 saturated heterocycles. The number of aromatic nitrogens is 2. The Morgan fingerprint density at radius 3 is 1.36 bits per heavy atom. The van der Waals surface area contributed by atoms with Crippen molar-refractivity contribution in [2.75, 3.05) is 0 Å². The molecule has 0 spiro atoms. The lowest BCUT2D eigenvalue weighted by Gasteiger charge is -2.07. The highest BCUT2D eigenvalue weighted by molar-refractivity contribution is 6.29. The standard InChI is InChI=1S/C38H22N4/c39-17-19-13-33-35(23-7-1-5-21(19)23)27-11-3-9-25-29-16-32-30(15-31(29)41(33)37(25)27)26-10-4-12-28-36-24-8-2-6-22(24)20(18-40)14-34(36)42(32)38(26)28/h3-4,9-16H,1-2,5-8H2. The lowest BCUT2D eigenvalue weighted by atomic mass is 9.97. The number of benzene rings is 5. The molecule has 4 heteroatoms. The number of aryl methyl sites for hydroxylation is 2. The van der Waals surface area contributed by atoms with Gasteiger partial charge in [-0.05, 0) is 85.0 Å². The van der Waals surface area contributed by atoms with Crippen molar-refractivity contribution < 1.29 is 0 Å². The number of nitriles is 2. The molecule has 2 aliphatic rings. The van der Waals surface area contributed by atoms with Crippen LogP contribution in [0, 0.1) is 22.7 Å². The van der Waals surface area contributed by atoms with Crippen LogP contribution in [0.25, 0.3) is 76.2 Å². The van der Waals surface area contributed by atoms with Gasteiger partial charge in [0, 0.05) is 43.1 Å². The maximum Gasteiger partial charge on any atom is 0.0995 e. The zero-order valence-corrected chi connectivity index (χ0v) is 22.8. The molecule has 0 amide bonds. The highest BCUT2D eigenvalue weighted by atomic mass is 14.9. The Kier molecular flexibility index (Phi) is 3.54. The van der Waals surface area contributed by atoms with Gasteiger partial charge in [-0.15, -0.1) is 0 Å². The quantitative estimate of drug-likeness (QED) is 0.195. The van der Waals surface area contributed by atoms with Crippen molar-refractivity contribution in [3.8, 4) is 12.1 Å². The Morgan fingerprint density at radius 2 is 0.905 bits per heavy atom. The van der Waals surface area contributed by atoms with Crippen molar-refractivity contribution in [1.29, 1.82) is 10.5 Å². The summed E-state index contributed by atoms with van der Waals surface area (Å²) in [7, 11) is 0. The van der Waals surface area contributed by atoms with E-state index >= 15 is 0 Å². The summed E-state index contributed by atoms with van der Waals surface area (Å²) < 4.78 is 4.86. The maximum atomic E-state index is 10.1. The van der Waals surface area contributed by atoms with Crippen molar-refractivity contribution in [2.45, 2.75) is 38.5 Å². The summed E-state index contributed by atoms with van der Waals surface area (Å²) in [5.41, 5.74) is 14.2. The summed E-state index contributed by atoms with van der Waals surface area (Å²) in [4.78, 5) is 0. The van der Waals surface area contributed by atoms with Gasteiger partial charge in [-0.2, -0.15) is 10.5 Å². The molecule has 0 radical (unpaired) electrons. The van der Waals surface area contributed by atoms with E-state index in [1.165, 1.54) is 87.4 Å². The Balaban J connectivity index is 1.38. The predicted molar refractivity (Wildman–Crippen MR) is 169 cm³/mol. The van der Waals surface area contributed by atoms with Gasteiger partial charge in [-0.25, -0.2) is 0 Å². The fourth-order valence-corrected chi connectivity index (χ4v) is 9.21. The van der Waals surface area contributed by atoms with Crippen LogP contribution in [-0.2, 0) is 25.7 Å². The van der Waals surface area contributed by atoms with E-state index < -0.39 is 0 Å². The normalized spacial score (nSPS) is 15.0. The summed E-state index contributed by atoms with van der Waals surface area (Å²) >= 11 is 0. The Labute approximate surface area is 239 Å². The molecule has 5 aromatic carbocycles. The van der Waals surface area contributed by atoms with Gasteiger partial charge in [0.2, 0.25) is 0 Å². The second kappa shape index (κ2) is 6.93. The molecule has 0 atom stereocenters. The molecule has 0 N–H and O–H groups in total. The molecular formula is C38H22N4. The number of para-hydroxylation sites is 2. The molecule has 2 aliphatic carbocycles. The molecule has 194 valence electrons. The minimum absolute atomic E-state index is 0.832. The number of fused-ring (bicyclic) bond motifs is 16. The van der Waals surface area contributed by atoms with Crippen LogP contribution in [0.2, 0.25) is 0 Å². The van der Waals surface area contributed by atoms with Gasteiger partial charge in [0.25, 0.3) is 0 Å². The topological polar surface area (TPSA) is 56.4 Å². The molecule has 0 fully saturated rings. The number of hydrogen-bond donors (Lipinski definition) is 0. The summed E-state index contributed by atoms with van der Waals surface area (Å²) in [6, 6.07) is 27.6. The van der Waals surface area contributed by atoms with Crippen LogP contribution >= 0.6 is 0 Å². The fourth-order valence-electron chi connectivity index (χ4n) is 9.21. The SMILES string of the molecule is N#Cc1cc2c(c3c1CCC3)c1cccc3c4cc5c(cc4n2c31)c1cccc2c3c4c(c(C#N)cc3n5c12)CCC4. The first-order valence-electron chi connectivity index (χ1n) is 15.0. The van der Waals surface area contributed by atoms with Crippen molar-refractivity contribution in [2.24, 2.45) is 0 Å². The summed E-state index contributed by atoms with van der Waals surface area (Å²) in [6.07, 6.45) is 6.32. The van der Waals surface area contributed by atoms with Gasteiger partial charge in [0.05, 0.1) is 56.4 Å². The van der Waals surface area contributed by atoms with Gasteiger partial charge in [0.1, 0.15) is 0 Å². The van der Waals surface area contributed by atoms with Crippen LogP contribution < -0.4 is 0 Å². The monoisotopic (exact) mass is 534 g/mol. The fraction of sp³-hybridized carbons (Fsp3) is 0.158. The molecule has 4 aromatic heterocycles. The van der Waals surface area contributed by atoms with E-state index in [1.807, 2.05) is 0 Å². The molecule has 11 rings (SSSR count). The van der Waals surface area contributed by atoms with Crippen molar-refractivity contribution in [1.82, 2.24) is 8.80 Å². The minimum atomic E-state index is 0.832. The van der Waals surface area contributed by atoms with E-state index in [-0.39, 0.29) is 0 Å². The van der Waals surface area contributed by atoms with Crippen LogP contribution in [0.4, 0.5) is 0 Å². The van der Waals surface area contributed by atoms with Crippen LogP contribution in [0.15, 0.2) is 60.7 Å². The zero-order chi connectivity index (χ0) is 27.4. The molecule has 9 aromatic rings. The highest BCUT2D eigenvalue weighted by Gasteiger charge is 2.28. The molecule has 0 aliphatic heterocycles. The lowest BCUT2D eigenvalue weighted by Crippen LogP contribution is -1.92. The van der Waals surface area contributed by atoms with E-state index in [0.717, 1.165) is 60.7 Å². The van der Waals surface area contributed by atoms with Gasteiger partial charge >= 0.3 is 0 Å². The summed E-state index contributed by atoms with van der Waals surface area (Å²) in [5, 5.41) is 30.4. The molecule has 0 saturated carbocycles. The van der Waals surface area contributed by atoms with Gasteiger partial charge in [-0.3, -0.25) is 0 Å². The Morgan fingerprint density at radius 1 is 0.476 bits per heavy atom. The summed E-state index contributed by atoms with van der Waals surface area (Å²) in [6.45, 7) is 0. The zero-order valence-electron chi connectivity index (χ0n) is 22.8. The highest BCUT2D eigenvalue weighted by Crippen LogP contribution is 2.47. The van der Waals surface area contributed by atoms with E-state index in [1.54, 1.807) is 0 Å². The second-order valence-electron chi connectivity index (χ2n) is 12.4. The van der Waals surface area contributed by atoms with E-state index in [0.29, 0.717) is 0 Å². The number of nitrogens with zero attached hydrogens (tertiary/aromatic N) is 4. The van der Waals surface area contributed by atoms with E-state index in [4.69, 9.17) is 0 Å². The predicted octanol–water partition coefficient (Wildman–Crippen LogP) is 8.71. The van der Waals surface area contributed by atoms with Gasteiger partial charge in [-0.1, -0.05) is 36.4 Å². The average Bonchev–Trinajstić information content (AvgIpc) is 3.86. The third-order valence-electron chi connectivity index (χ3n) is 10.7. The smallest absolute Gasteiger partial charge is 0.0995 e. The van der Waals surface area contributed by atoms with Crippen LogP contribution in [0.1, 0.15) is 46.2 Å².